The van der Waals surface area contributed by atoms with E-state index in [-0.39, 0.29) is 11.4 Å². The lowest BCUT2D eigenvalue weighted by Crippen LogP contribution is -2.45. The molecule has 1 aromatic carbocycles. The zero-order valence-corrected chi connectivity index (χ0v) is 13.8. The highest BCUT2D eigenvalue weighted by Gasteiger charge is 2.60. The summed E-state index contributed by atoms with van der Waals surface area (Å²) >= 11 is 0. The van der Waals surface area contributed by atoms with Crippen LogP contribution in [-0.2, 0) is 11.9 Å². The highest BCUT2D eigenvalue weighted by molar-refractivity contribution is 6.04. The van der Waals surface area contributed by atoms with Crippen molar-refractivity contribution in [2.75, 3.05) is 5.32 Å². The molecule has 1 atom stereocenters. The van der Waals surface area contributed by atoms with E-state index in [2.05, 4.69) is 20.4 Å². The Morgan fingerprint density at radius 2 is 2.00 bits per heavy atom. The van der Waals surface area contributed by atoms with Crippen LogP contribution in [0.25, 0.3) is 0 Å². The van der Waals surface area contributed by atoms with Crippen LogP contribution in [-0.4, -0.2) is 38.5 Å². The van der Waals surface area contributed by atoms with Crippen molar-refractivity contribution in [3.05, 3.63) is 47.3 Å². The van der Waals surface area contributed by atoms with Crippen molar-refractivity contribution in [1.82, 2.24) is 9.78 Å². The van der Waals surface area contributed by atoms with Gasteiger partial charge in [-0.3, -0.25) is 9.48 Å². The van der Waals surface area contributed by atoms with Gasteiger partial charge in [-0.25, -0.2) is 0 Å². The Morgan fingerprint density at radius 3 is 2.50 bits per heavy atom. The normalized spacial score (nSPS) is 19.8. The topological polar surface area (TPSA) is 88.7 Å². The number of aliphatic hydroxyl groups is 1. The molecule has 1 amide bonds. The third-order valence-corrected chi connectivity index (χ3v) is 3.98. The van der Waals surface area contributed by atoms with Crippen molar-refractivity contribution in [1.29, 1.82) is 0 Å². The quantitative estimate of drug-likeness (QED) is 0.871. The molecular weight excluding hydrogens is 353 g/mol. The van der Waals surface area contributed by atoms with E-state index in [0.717, 1.165) is 5.69 Å². The molecule has 1 aromatic heterocycles. The molecule has 7 nitrogen and oxygen atoms in total. The molecule has 1 unspecified atom stereocenters. The van der Waals surface area contributed by atoms with Crippen LogP contribution in [0.4, 0.5) is 18.9 Å². The fourth-order valence-electron chi connectivity index (χ4n) is 2.34. The van der Waals surface area contributed by atoms with Gasteiger partial charge in [-0.15, -0.1) is 0 Å². The molecule has 2 N–H and O–H groups in total. The van der Waals surface area contributed by atoms with Gasteiger partial charge < -0.3 is 15.3 Å². The number of amides is 1. The number of benzene rings is 1. The van der Waals surface area contributed by atoms with E-state index in [1.165, 1.54) is 24.3 Å². The second-order valence-electron chi connectivity index (χ2n) is 5.91. The number of carbonyl (C=O) groups excluding carboxylic acids is 1. The average molecular weight is 368 g/mol. The molecule has 0 fully saturated rings. The third kappa shape index (κ3) is 3.27. The molecule has 0 spiro atoms. The number of hydrogen-bond donors (Lipinski definition) is 2. The van der Waals surface area contributed by atoms with E-state index in [1.807, 2.05) is 6.92 Å². The number of rotatable bonds is 3. The zero-order valence-electron chi connectivity index (χ0n) is 13.8. The maximum absolute atomic E-state index is 12.7. The lowest BCUT2D eigenvalue weighted by molar-refractivity contribution is -0.355. The van der Waals surface area contributed by atoms with Crippen LogP contribution in [0.5, 0.6) is 0 Å². The fraction of sp³-hybridized carbons (Fsp3) is 0.312. The molecule has 138 valence electrons. The van der Waals surface area contributed by atoms with Gasteiger partial charge in [0.2, 0.25) is 0 Å². The van der Waals surface area contributed by atoms with Gasteiger partial charge >= 0.3 is 12.0 Å². The Balaban J connectivity index is 1.69. The summed E-state index contributed by atoms with van der Waals surface area (Å²) in [6.07, 6.45) is -5.76. The molecule has 1 aliphatic rings. The molecule has 10 heteroatoms. The summed E-state index contributed by atoms with van der Waals surface area (Å²) in [7, 11) is 1.72. The SMILES string of the molecule is Cc1cc(C(=O)Nc2ccc(C3=NOC(O)(C(F)(F)F)C3)cc2)nn1C. The predicted octanol–water partition coefficient (Wildman–Crippen LogP) is 2.36. The number of carbonyl (C=O) groups is 1. The number of anilines is 1. The van der Waals surface area contributed by atoms with Crippen LogP contribution in [0.3, 0.4) is 0 Å². The summed E-state index contributed by atoms with van der Waals surface area (Å²) in [4.78, 5) is 16.3. The van der Waals surface area contributed by atoms with Crippen molar-refractivity contribution < 1.29 is 27.9 Å². The Labute approximate surface area is 146 Å². The van der Waals surface area contributed by atoms with Crippen LogP contribution >= 0.6 is 0 Å². The summed E-state index contributed by atoms with van der Waals surface area (Å²) in [5.74, 6) is -3.72. The smallest absolute Gasteiger partial charge is 0.350 e. The van der Waals surface area contributed by atoms with Crippen LogP contribution in [0.2, 0.25) is 0 Å². The number of nitrogens with zero attached hydrogens (tertiary/aromatic N) is 3. The number of alkyl halides is 3. The Morgan fingerprint density at radius 1 is 1.35 bits per heavy atom. The van der Waals surface area contributed by atoms with Gasteiger partial charge in [-0.1, -0.05) is 17.3 Å². The summed E-state index contributed by atoms with van der Waals surface area (Å²) in [5, 5.41) is 19.5. The number of aromatic nitrogens is 2. The monoisotopic (exact) mass is 368 g/mol. The van der Waals surface area contributed by atoms with E-state index in [4.69, 9.17) is 0 Å². The van der Waals surface area contributed by atoms with Gasteiger partial charge in [0.05, 0.1) is 12.1 Å². The Kier molecular flexibility index (Phi) is 4.23. The van der Waals surface area contributed by atoms with Gasteiger partial charge in [-0.2, -0.15) is 18.3 Å². The standard InChI is InChI=1S/C16H15F3N4O3/c1-9-7-12(21-23(9)2)14(24)20-11-5-3-10(4-6-11)13-8-15(25,26-22-13)16(17,18)19/h3-7,25H,8H2,1-2H3,(H,20,24). The van der Waals surface area contributed by atoms with Crippen LogP contribution < -0.4 is 5.32 Å². The second-order valence-corrected chi connectivity index (χ2v) is 5.91. The highest BCUT2D eigenvalue weighted by Crippen LogP contribution is 2.38. The van der Waals surface area contributed by atoms with Gasteiger partial charge in [0, 0.05) is 18.4 Å². The lowest BCUT2D eigenvalue weighted by atomic mass is 10.0. The first-order chi connectivity index (χ1) is 12.1. The number of oxime groups is 1. The molecular formula is C16H15F3N4O3. The average Bonchev–Trinajstić information content (AvgIpc) is 3.12. The first kappa shape index (κ1) is 17.9. The maximum Gasteiger partial charge on any atom is 0.458 e. The number of nitrogens with one attached hydrogen (secondary N) is 1. The van der Waals surface area contributed by atoms with E-state index in [9.17, 15) is 23.1 Å². The van der Waals surface area contributed by atoms with Crippen molar-refractivity contribution in [3.63, 3.8) is 0 Å². The molecule has 2 heterocycles. The molecule has 0 radical (unpaired) electrons. The van der Waals surface area contributed by atoms with Crippen molar-refractivity contribution >= 4 is 17.3 Å². The van der Waals surface area contributed by atoms with Crippen molar-refractivity contribution in [2.45, 2.75) is 25.3 Å². The largest absolute Gasteiger partial charge is 0.458 e. The van der Waals surface area contributed by atoms with Crippen LogP contribution in [0, 0.1) is 6.92 Å². The number of halogens is 3. The van der Waals surface area contributed by atoms with E-state index < -0.39 is 24.3 Å². The van der Waals surface area contributed by atoms with Crippen LogP contribution in [0.15, 0.2) is 35.5 Å². The fourth-order valence-corrected chi connectivity index (χ4v) is 2.34. The van der Waals surface area contributed by atoms with E-state index in [1.54, 1.807) is 17.8 Å². The van der Waals surface area contributed by atoms with Gasteiger partial charge in [0.25, 0.3) is 5.91 Å². The van der Waals surface area contributed by atoms with Crippen molar-refractivity contribution in [2.24, 2.45) is 12.2 Å². The molecule has 0 aliphatic carbocycles. The number of hydrogen-bond acceptors (Lipinski definition) is 5. The van der Waals surface area contributed by atoms with Gasteiger partial charge in [0.15, 0.2) is 5.69 Å². The first-order valence-corrected chi connectivity index (χ1v) is 7.56. The minimum absolute atomic E-state index is 0.0388. The Hall–Kier alpha value is -2.88. The second kappa shape index (κ2) is 6.13. The third-order valence-electron chi connectivity index (χ3n) is 3.98. The molecule has 2 aromatic rings. The molecule has 0 saturated heterocycles. The van der Waals surface area contributed by atoms with Crippen molar-refractivity contribution in [3.8, 4) is 0 Å². The number of aryl methyl sites for hydroxylation is 2. The maximum atomic E-state index is 12.7. The molecule has 1 aliphatic heterocycles. The Bertz CT molecular complexity index is 854. The zero-order chi connectivity index (χ0) is 19.1. The highest BCUT2D eigenvalue weighted by atomic mass is 19.4. The predicted molar refractivity (Wildman–Crippen MR) is 85.6 cm³/mol. The van der Waals surface area contributed by atoms with E-state index >= 15 is 0 Å². The van der Waals surface area contributed by atoms with Gasteiger partial charge in [-0.05, 0) is 30.7 Å². The lowest BCUT2D eigenvalue weighted by Gasteiger charge is -2.22. The molecule has 3 rings (SSSR count). The van der Waals surface area contributed by atoms with E-state index in [0.29, 0.717) is 11.3 Å². The van der Waals surface area contributed by atoms with Crippen LogP contribution in [0.1, 0.15) is 28.2 Å². The summed E-state index contributed by atoms with van der Waals surface area (Å²) in [6.45, 7) is 1.81. The molecule has 26 heavy (non-hydrogen) atoms. The molecule has 0 saturated carbocycles. The minimum atomic E-state index is -4.95. The first-order valence-electron chi connectivity index (χ1n) is 7.56. The summed E-state index contributed by atoms with van der Waals surface area (Å²) in [6, 6.07) is 7.60. The minimum Gasteiger partial charge on any atom is -0.350 e. The molecule has 0 bridgehead atoms. The van der Waals surface area contributed by atoms with Gasteiger partial charge in [0.1, 0.15) is 0 Å². The summed E-state index contributed by atoms with van der Waals surface area (Å²) in [5.41, 5.74) is 1.81. The summed E-state index contributed by atoms with van der Waals surface area (Å²) < 4.78 is 39.8.